The van der Waals surface area contributed by atoms with Crippen LogP contribution in [0.5, 0.6) is 0 Å². The molecule has 3 rings (SSSR count). The number of nitrogens with one attached hydrogen (secondary N) is 1. The van der Waals surface area contributed by atoms with Crippen molar-refractivity contribution in [2.45, 2.75) is 52.2 Å². The van der Waals surface area contributed by atoms with Crippen molar-refractivity contribution in [3.63, 3.8) is 0 Å². The molecule has 2 atom stereocenters. The van der Waals surface area contributed by atoms with Crippen LogP contribution < -0.4 is 0 Å². The summed E-state index contributed by atoms with van der Waals surface area (Å²) in [6.45, 7) is 9.17. The molecule has 0 spiro atoms. The lowest BCUT2D eigenvalue weighted by Gasteiger charge is -2.35. The Bertz CT molecular complexity index is 634. The van der Waals surface area contributed by atoms with Crippen LogP contribution >= 0.6 is 11.3 Å². The molecule has 0 aliphatic carbocycles. The summed E-state index contributed by atoms with van der Waals surface area (Å²) in [7, 11) is 0. The summed E-state index contributed by atoms with van der Waals surface area (Å²) in [5.41, 5.74) is 3.61. The predicted octanol–water partition coefficient (Wildman–Crippen LogP) is 3.33. The van der Waals surface area contributed by atoms with Crippen molar-refractivity contribution in [3.8, 4) is 0 Å². The van der Waals surface area contributed by atoms with Crippen LogP contribution in [0.1, 0.15) is 48.0 Å². The number of aliphatic hydroxyl groups is 1. The molecule has 126 valence electrons. The van der Waals surface area contributed by atoms with E-state index in [9.17, 15) is 5.11 Å². The van der Waals surface area contributed by atoms with Gasteiger partial charge in [0.25, 0.3) is 0 Å². The number of aromatic nitrogens is 2. The lowest BCUT2D eigenvalue weighted by molar-refractivity contribution is 0.0480. The quantitative estimate of drug-likeness (QED) is 0.882. The topological polar surface area (TPSA) is 52.2 Å². The molecule has 23 heavy (non-hydrogen) atoms. The van der Waals surface area contributed by atoms with Crippen LogP contribution in [0.15, 0.2) is 17.5 Å². The van der Waals surface area contributed by atoms with Crippen molar-refractivity contribution < 1.29 is 5.11 Å². The van der Waals surface area contributed by atoms with E-state index in [0.29, 0.717) is 11.8 Å². The number of piperidine rings is 1. The first-order chi connectivity index (χ1) is 11.0. The Morgan fingerprint density at radius 1 is 1.48 bits per heavy atom. The van der Waals surface area contributed by atoms with E-state index in [-0.39, 0.29) is 6.10 Å². The van der Waals surface area contributed by atoms with Gasteiger partial charge in [-0.3, -0.25) is 10.00 Å². The van der Waals surface area contributed by atoms with Crippen LogP contribution in [0.25, 0.3) is 0 Å². The van der Waals surface area contributed by atoms with Gasteiger partial charge in [0.2, 0.25) is 0 Å². The number of aliphatic hydroxyl groups excluding tert-OH is 1. The second-order valence-corrected chi connectivity index (χ2v) is 8.10. The molecule has 0 saturated carbocycles. The molecule has 4 nitrogen and oxygen atoms in total. The van der Waals surface area contributed by atoms with Gasteiger partial charge in [0, 0.05) is 29.6 Å². The summed E-state index contributed by atoms with van der Waals surface area (Å²) in [4.78, 5) is 3.69. The van der Waals surface area contributed by atoms with E-state index in [1.54, 1.807) is 11.3 Å². The van der Waals surface area contributed by atoms with E-state index in [1.807, 2.05) is 0 Å². The Balaban J connectivity index is 1.58. The molecule has 0 amide bonds. The van der Waals surface area contributed by atoms with Gasteiger partial charge in [0.1, 0.15) is 0 Å². The molecule has 0 unspecified atom stereocenters. The smallest absolute Gasteiger partial charge is 0.0744 e. The summed E-state index contributed by atoms with van der Waals surface area (Å²) in [6.07, 6.45) is 1.76. The van der Waals surface area contributed by atoms with Crippen molar-refractivity contribution in [1.82, 2.24) is 15.1 Å². The average molecular weight is 334 g/mol. The zero-order valence-electron chi connectivity index (χ0n) is 14.2. The summed E-state index contributed by atoms with van der Waals surface area (Å²) in [5, 5.41) is 20.3. The number of rotatable bonds is 5. The fourth-order valence-corrected chi connectivity index (χ4v) is 4.59. The number of nitrogens with zero attached hydrogens (tertiary/aromatic N) is 2. The second kappa shape index (κ2) is 7.16. The van der Waals surface area contributed by atoms with E-state index in [0.717, 1.165) is 43.9 Å². The van der Waals surface area contributed by atoms with Crippen molar-refractivity contribution >= 4 is 11.3 Å². The van der Waals surface area contributed by atoms with Gasteiger partial charge >= 0.3 is 0 Å². The van der Waals surface area contributed by atoms with Crippen LogP contribution in [0.4, 0.5) is 0 Å². The molecule has 0 bridgehead atoms. The molecule has 1 fully saturated rings. The molecule has 2 aromatic heterocycles. The van der Waals surface area contributed by atoms with E-state index >= 15 is 0 Å². The standard InChI is InChI=1S/C18H27N3OS/c1-12(2)8-14-9-15(20-19-14)10-21-6-4-16(17(22)11-21)18-13(3)5-7-23-18/h5,7,9,12,16-17,22H,4,6,8,10-11H2,1-3H3,(H,19,20)/t16-,17-/m1/s1. The first-order valence-corrected chi connectivity index (χ1v) is 9.38. The fourth-order valence-electron chi connectivity index (χ4n) is 3.46. The number of hydrogen-bond donors (Lipinski definition) is 2. The Kier molecular flexibility index (Phi) is 5.19. The number of aryl methyl sites for hydroxylation is 1. The Hall–Kier alpha value is -1.17. The number of likely N-dealkylation sites (tertiary alicyclic amines) is 1. The maximum absolute atomic E-state index is 10.6. The average Bonchev–Trinajstić information content (AvgIpc) is 3.08. The van der Waals surface area contributed by atoms with Crippen molar-refractivity contribution in [1.29, 1.82) is 0 Å². The summed E-state index contributed by atoms with van der Waals surface area (Å²) >= 11 is 1.78. The maximum Gasteiger partial charge on any atom is 0.0744 e. The molecule has 0 aromatic carbocycles. The second-order valence-electron chi connectivity index (χ2n) is 7.15. The minimum atomic E-state index is -0.279. The molecule has 2 N–H and O–H groups in total. The van der Waals surface area contributed by atoms with Crippen LogP contribution in [0.3, 0.4) is 0 Å². The van der Waals surface area contributed by atoms with E-state index < -0.39 is 0 Å². The third-order valence-electron chi connectivity index (χ3n) is 4.60. The predicted molar refractivity (Wildman–Crippen MR) is 94.8 cm³/mol. The summed E-state index contributed by atoms with van der Waals surface area (Å²) in [5.74, 6) is 0.919. The Morgan fingerprint density at radius 2 is 2.30 bits per heavy atom. The van der Waals surface area contributed by atoms with E-state index in [4.69, 9.17) is 0 Å². The lowest BCUT2D eigenvalue weighted by Crippen LogP contribution is -2.42. The Labute approximate surface area is 142 Å². The van der Waals surface area contributed by atoms with Gasteiger partial charge in [-0.1, -0.05) is 13.8 Å². The summed E-state index contributed by atoms with van der Waals surface area (Å²) < 4.78 is 0. The van der Waals surface area contributed by atoms with Gasteiger partial charge in [-0.2, -0.15) is 5.10 Å². The highest BCUT2D eigenvalue weighted by atomic mass is 32.1. The van der Waals surface area contributed by atoms with Gasteiger partial charge in [0.05, 0.1) is 11.8 Å². The number of hydrogen-bond acceptors (Lipinski definition) is 4. The number of aromatic amines is 1. The molecular weight excluding hydrogens is 306 g/mol. The Morgan fingerprint density at radius 3 is 2.96 bits per heavy atom. The zero-order valence-corrected chi connectivity index (χ0v) is 15.1. The van der Waals surface area contributed by atoms with E-state index in [1.165, 1.54) is 10.4 Å². The third kappa shape index (κ3) is 4.03. The summed E-state index contributed by atoms with van der Waals surface area (Å²) in [6, 6.07) is 4.32. The van der Waals surface area contributed by atoms with Crippen LogP contribution in [-0.2, 0) is 13.0 Å². The highest BCUT2D eigenvalue weighted by molar-refractivity contribution is 7.10. The minimum absolute atomic E-state index is 0.279. The fraction of sp³-hybridized carbons (Fsp3) is 0.611. The van der Waals surface area contributed by atoms with Crippen molar-refractivity contribution in [2.75, 3.05) is 13.1 Å². The van der Waals surface area contributed by atoms with Crippen molar-refractivity contribution in [3.05, 3.63) is 39.3 Å². The van der Waals surface area contributed by atoms with Crippen LogP contribution in [0, 0.1) is 12.8 Å². The third-order valence-corrected chi connectivity index (χ3v) is 5.75. The van der Waals surface area contributed by atoms with E-state index in [2.05, 4.69) is 53.4 Å². The SMILES string of the molecule is Cc1ccsc1[C@@H]1CCN(Cc2cc(CC(C)C)n[nH]2)C[C@H]1O. The maximum atomic E-state index is 10.6. The number of H-pyrrole nitrogens is 1. The molecule has 1 aliphatic heterocycles. The number of β-amino-alcohol motifs (C(OH)–C–C–N with tert-alkyl or cyclic N) is 1. The van der Waals surface area contributed by atoms with Crippen LogP contribution in [0.2, 0.25) is 0 Å². The van der Waals surface area contributed by atoms with Gasteiger partial charge in [0.15, 0.2) is 0 Å². The van der Waals surface area contributed by atoms with Crippen molar-refractivity contribution in [2.24, 2.45) is 5.92 Å². The van der Waals surface area contributed by atoms with Gasteiger partial charge in [-0.25, -0.2) is 0 Å². The molecule has 0 radical (unpaired) electrons. The zero-order chi connectivity index (χ0) is 16.4. The first kappa shape index (κ1) is 16.7. The normalized spacial score (nSPS) is 22.8. The monoisotopic (exact) mass is 333 g/mol. The largest absolute Gasteiger partial charge is 0.391 e. The highest BCUT2D eigenvalue weighted by Crippen LogP contribution is 2.34. The molecule has 3 heterocycles. The molecular formula is C18H27N3OS. The minimum Gasteiger partial charge on any atom is -0.391 e. The lowest BCUT2D eigenvalue weighted by atomic mass is 9.90. The molecule has 1 saturated heterocycles. The van der Waals surface area contributed by atoms with Gasteiger partial charge < -0.3 is 5.11 Å². The highest BCUT2D eigenvalue weighted by Gasteiger charge is 2.30. The first-order valence-electron chi connectivity index (χ1n) is 8.50. The molecule has 5 heteroatoms. The van der Waals surface area contributed by atoms with Gasteiger partial charge in [-0.15, -0.1) is 11.3 Å². The van der Waals surface area contributed by atoms with Crippen LogP contribution in [-0.4, -0.2) is 39.4 Å². The van der Waals surface area contributed by atoms with Gasteiger partial charge in [-0.05, 0) is 55.3 Å². The number of thiophene rings is 1. The molecule has 1 aliphatic rings. The molecule has 2 aromatic rings.